The minimum Gasteiger partial charge on any atom is -0.289 e. The van der Waals surface area contributed by atoms with E-state index in [4.69, 9.17) is 0 Å². The molecule has 0 unspecified atom stereocenters. The maximum atomic E-state index is 12.0. The average Bonchev–Trinajstić information content (AvgIpc) is 2.67. The lowest BCUT2D eigenvalue weighted by Crippen LogP contribution is -2.01. The van der Waals surface area contributed by atoms with E-state index in [-0.39, 0.29) is 5.78 Å². The molecule has 1 aromatic carbocycles. The van der Waals surface area contributed by atoms with Crippen molar-refractivity contribution in [3.8, 4) is 0 Å². The molecule has 15 heavy (non-hydrogen) atoms. The molecule has 1 nitrogen and oxygen atoms in total. The number of carbonyl (C=O) groups excluding carboxylic acids is 1. The highest BCUT2D eigenvalue weighted by atomic mass is 79.9. The standard InChI is InChI=1S/C12H10Br2O/c13-10-5-9(6-11(14)7-10)12(15)8-3-1-2-4-8/h3,5-7H,1-2,4H2. The lowest BCUT2D eigenvalue weighted by Gasteiger charge is -2.03. The summed E-state index contributed by atoms with van der Waals surface area (Å²) in [4.78, 5) is 12.0. The van der Waals surface area contributed by atoms with Gasteiger partial charge in [0.25, 0.3) is 0 Å². The molecule has 0 bridgehead atoms. The van der Waals surface area contributed by atoms with E-state index in [1.54, 1.807) is 0 Å². The largest absolute Gasteiger partial charge is 0.289 e. The predicted molar refractivity (Wildman–Crippen MR) is 68.1 cm³/mol. The van der Waals surface area contributed by atoms with Crippen LogP contribution in [0.1, 0.15) is 29.6 Å². The molecule has 0 aliphatic heterocycles. The van der Waals surface area contributed by atoms with Gasteiger partial charge in [0.1, 0.15) is 0 Å². The van der Waals surface area contributed by atoms with Crippen molar-refractivity contribution in [2.75, 3.05) is 0 Å². The summed E-state index contributed by atoms with van der Waals surface area (Å²) in [6.07, 6.45) is 5.12. The normalized spacial score (nSPS) is 15.2. The highest BCUT2D eigenvalue weighted by molar-refractivity contribution is 9.11. The van der Waals surface area contributed by atoms with Crippen LogP contribution in [-0.4, -0.2) is 5.78 Å². The van der Waals surface area contributed by atoms with Gasteiger partial charge >= 0.3 is 0 Å². The maximum Gasteiger partial charge on any atom is 0.188 e. The predicted octanol–water partition coefficient (Wildman–Crippen LogP) is 4.50. The monoisotopic (exact) mass is 328 g/mol. The van der Waals surface area contributed by atoms with E-state index in [1.165, 1.54) is 0 Å². The second kappa shape index (κ2) is 4.62. The molecule has 1 aliphatic carbocycles. The molecule has 1 aliphatic rings. The highest BCUT2D eigenvalue weighted by Crippen LogP contribution is 2.25. The molecule has 0 saturated heterocycles. The number of rotatable bonds is 2. The number of hydrogen-bond donors (Lipinski definition) is 0. The number of ketones is 1. The second-order valence-corrected chi connectivity index (χ2v) is 5.44. The first-order valence-corrected chi connectivity index (χ1v) is 6.45. The van der Waals surface area contributed by atoms with Crippen LogP contribution in [0.25, 0.3) is 0 Å². The third-order valence-electron chi connectivity index (χ3n) is 2.46. The van der Waals surface area contributed by atoms with Crippen LogP contribution in [0.4, 0.5) is 0 Å². The summed E-state index contributed by atoms with van der Waals surface area (Å²) in [5, 5.41) is 0. The Morgan fingerprint density at radius 1 is 1.13 bits per heavy atom. The maximum absolute atomic E-state index is 12.0. The van der Waals surface area contributed by atoms with E-state index in [1.807, 2.05) is 18.2 Å². The van der Waals surface area contributed by atoms with Crippen LogP contribution in [0.5, 0.6) is 0 Å². The van der Waals surface area contributed by atoms with Crippen LogP contribution in [-0.2, 0) is 0 Å². The molecule has 3 heteroatoms. The zero-order valence-electron chi connectivity index (χ0n) is 8.09. The van der Waals surface area contributed by atoms with Crippen molar-refractivity contribution in [2.45, 2.75) is 19.3 Å². The Morgan fingerprint density at radius 3 is 2.33 bits per heavy atom. The van der Waals surface area contributed by atoms with Crippen molar-refractivity contribution >= 4 is 37.6 Å². The summed E-state index contributed by atoms with van der Waals surface area (Å²) in [5.41, 5.74) is 1.71. The molecule has 0 N–H and O–H groups in total. The Balaban J connectivity index is 2.32. The molecule has 0 heterocycles. The van der Waals surface area contributed by atoms with Crippen molar-refractivity contribution in [1.29, 1.82) is 0 Å². The summed E-state index contributed by atoms with van der Waals surface area (Å²) in [6, 6.07) is 5.66. The fraction of sp³-hybridized carbons (Fsp3) is 0.250. The molecule has 0 radical (unpaired) electrons. The minimum absolute atomic E-state index is 0.162. The molecule has 0 fully saturated rings. The quantitative estimate of drug-likeness (QED) is 0.730. The fourth-order valence-corrected chi connectivity index (χ4v) is 3.04. The Kier molecular flexibility index (Phi) is 3.42. The van der Waals surface area contributed by atoms with Gasteiger partial charge in [-0.2, -0.15) is 0 Å². The number of Topliss-reactive ketones (excluding diaryl/α,β-unsaturated/α-hetero) is 1. The van der Waals surface area contributed by atoms with Gasteiger partial charge in [-0.1, -0.05) is 37.9 Å². The average molecular weight is 330 g/mol. The van der Waals surface area contributed by atoms with E-state index < -0.39 is 0 Å². The van der Waals surface area contributed by atoms with Crippen LogP contribution in [0.15, 0.2) is 38.8 Å². The molecule has 1 aromatic rings. The number of allylic oxidation sites excluding steroid dienone is 2. The van der Waals surface area contributed by atoms with Crippen LogP contribution in [0, 0.1) is 0 Å². The Hall–Kier alpha value is -0.410. The smallest absolute Gasteiger partial charge is 0.188 e. The number of benzene rings is 1. The summed E-state index contributed by atoms with van der Waals surface area (Å²) in [5.74, 6) is 0.162. The molecule has 0 amide bonds. The van der Waals surface area contributed by atoms with Gasteiger partial charge < -0.3 is 0 Å². The zero-order chi connectivity index (χ0) is 10.8. The van der Waals surface area contributed by atoms with E-state index in [9.17, 15) is 4.79 Å². The molecular weight excluding hydrogens is 320 g/mol. The van der Waals surface area contributed by atoms with Crippen LogP contribution >= 0.6 is 31.9 Å². The molecular formula is C12H10Br2O. The van der Waals surface area contributed by atoms with Crippen molar-refractivity contribution in [3.05, 3.63) is 44.4 Å². The van der Waals surface area contributed by atoms with Crippen molar-refractivity contribution in [3.63, 3.8) is 0 Å². The Labute approximate surface area is 106 Å². The van der Waals surface area contributed by atoms with Crippen molar-refractivity contribution < 1.29 is 4.79 Å². The molecule has 0 spiro atoms. The van der Waals surface area contributed by atoms with Gasteiger partial charge in [-0.3, -0.25) is 4.79 Å². The van der Waals surface area contributed by atoms with Gasteiger partial charge in [-0.15, -0.1) is 0 Å². The fourth-order valence-electron chi connectivity index (χ4n) is 1.75. The van der Waals surface area contributed by atoms with E-state index in [2.05, 4.69) is 37.9 Å². The first-order valence-electron chi connectivity index (χ1n) is 4.86. The van der Waals surface area contributed by atoms with Crippen LogP contribution in [0.3, 0.4) is 0 Å². The van der Waals surface area contributed by atoms with Crippen molar-refractivity contribution in [2.24, 2.45) is 0 Å². The van der Waals surface area contributed by atoms with Crippen molar-refractivity contribution in [1.82, 2.24) is 0 Å². The third-order valence-corrected chi connectivity index (χ3v) is 3.37. The van der Waals surface area contributed by atoms with E-state index >= 15 is 0 Å². The van der Waals surface area contributed by atoms with Crippen LogP contribution in [0.2, 0.25) is 0 Å². The Morgan fingerprint density at radius 2 is 1.80 bits per heavy atom. The van der Waals surface area contributed by atoms with E-state index in [0.717, 1.165) is 39.3 Å². The second-order valence-electron chi connectivity index (χ2n) is 3.61. The van der Waals surface area contributed by atoms with Gasteiger partial charge in [0.15, 0.2) is 5.78 Å². The van der Waals surface area contributed by atoms with Crippen LogP contribution < -0.4 is 0 Å². The van der Waals surface area contributed by atoms with Gasteiger partial charge in [-0.05, 0) is 43.0 Å². The minimum atomic E-state index is 0.162. The zero-order valence-corrected chi connectivity index (χ0v) is 11.3. The first-order chi connectivity index (χ1) is 7.16. The number of halogens is 2. The summed E-state index contributed by atoms with van der Waals surface area (Å²) >= 11 is 6.78. The summed E-state index contributed by atoms with van der Waals surface area (Å²) in [6.45, 7) is 0. The molecule has 0 saturated carbocycles. The molecule has 2 rings (SSSR count). The van der Waals surface area contributed by atoms with Gasteiger partial charge in [0, 0.05) is 14.5 Å². The van der Waals surface area contributed by atoms with E-state index in [0.29, 0.717) is 0 Å². The molecule has 0 atom stereocenters. The van der Waals surface area contributed by atoms with Gasteiger partial charge in [-0.25, -0.2) is 0 Å². The highest BCUT2D eigenvalue weighted by Gasteiger charge is 2.15. The van der Waals surface area contributed by atoms with Gasteiger partial charge in [0.05, 0.1) is 0 Å². The summed E-state index contributed by atoms with van der Waals surface area (Å²) in [7, 11) is 0. The third kappa shape index (κ3) is 2.58. The Bertz CT molecular complexity index is 415. The number of hydrogen-bond acceptors (Lipinski definition) is 1. The molecule has 0 aromatic heterocycles. The first kappa shape index (κ1) is 11.1. The number of carbonyl (C=O) groups is 1. The molecule has 78 valence electrons. The SMILES string of the molecule is O=C(C1=CCCC1)c1cc(Br)cc(Br)c1. The van der Waals surface area contributed by atoms with Gasteiger partial charge in [0.2, 0.25) is 0 Å². The summed E-state index contributed by atoms with van der Waals surface area (Å²) < 4.78 is 1.86. The topological polar surface area (TPSA) is 17.1 Å². The lowest BCUT2D eigenvalue weighted by atomic mass is 10.0. The lowest BCUT2D eigenvalue weighted by molar-refractivity contribution is 0.103.